The molecule has 1 atom stereocenters. The minimum atomic E-state index is 0.486. The maximum absolute atomic E-state index is 5.99. The van der Waals surface area contributed by atoms with Gasteiger partial charge in [0.1, 0.15) is 0 Å². The number of hydrogen-bond acceptors (Lipinski definition) is 2. The first-order valence-electron chi connectivity index (χ1n) is 8.08. The Morgan fingerprint density at radius 2 is 2.15 bits per heavy atom. The van der Waals surface area contributed by atoms with E-state index >= 15 is 0 Å². The van der Waals surface area contributed by atoms with Gasteiger partial charge in [0.05, 0.1) is 5.69 Å². The molecule has 1 aromatic rings. The average Bonchev–Trinajstić information content (AvgIpc) is 2.95. The molecule has 0 radical (unpaired) electrons. The molecular weight excluding hydrogens is 270 g/mol. The van der Waals surface area contributed by atoms with Crippen molar-refractivity contribution in [2.24, 2.45) is 0 Å². The Kier molecular flexibility index (Phi) is 6.37. The third-order valence-corrected chi connectivity index (χ3v) is 4.70. The van der Waals surface area contributed by atoms with Crippen LogP contribution in [0.5, 0.6) is 0 Å². The van der Waals surface area contributed by atoms with E-state index in [0.29, 0.717) is 18.0 Å². The molecule has 1 fully saturated rings. The van der Waals surface area contributed by atoms with Crippen LogP contribution in [0.25, 0.3) is 0 Å². The van der Waals surface area contributed by atoms with Gasteiger partial charge in [-0.3, -0.25) is 9.58 Å². The molecule has 3 nitrogen and oxygen atoms in total. The highest BCUT2D eigenvalue weighted by atomic mass is 35.5. The minimum absolute atomic E-state index is 0.486. The summed E-state index contributed by atoms with van der Waals surface area (Å²) in [7, 11) is 0. The van der Waals surface area contributed by atoms with Gasteiger partial charge in [0, 0.05) is 37.3 Å². The molecule has 0 saturated heterocycles. The Labute approximate surface area is 128 Å². The third-order valence-electron chi connectivity index (χ3n) is 4.53. The summed E-state index contributed by atoms with van der Waals surface area (Å²) in [6.07, 6.45) is 10.0. The van der Waals surface area contributed by atoms with E-state index in [1.165, 1.54) is 37.8 Å². The van der Waals surface area contributed by atoms with Crippen molar-refractivity contribution in [1.29, 1.82) is 0 Å². The lowest BCUT2D eigenvalue weighted by Crippen LogP contribution is -2.37. The number of nitrogens with zero attached hydrogens (tertiary/aromatic N) is 3. The fourth-order valence-electron chi connectivity index (χ4n) is 3.05. The second-order valence-corrected chi connectivity index (χ2v) is 6.37. The Balaban J connectivity index is 1.97. The predicted octanol–water partition coefficient (Wildman–Crippen LogP) is 4.23. The number of halogens is 1. The lowest BCUT2D eigenvalue weighted by Gasteiger charge is -2.33. The maximum Gasteiger partial charge on any atom is 0.0765 e. The lowest BCUT2D eigenvalue weighted by atomic mass is 9.94. The van der Waals surface area contributed by atoms with Gasteiger partial charge in [0.25, 0.3) is 0 Å². The summed E-state index contributed by atoms with van der Waals surface area (Å²) in [5.74, 6) is 0.711. The summed E-state index contributed by atoms with van der Waals surface area (Å²) < 4.78 is 2.09. The maximum atomic E-state index is 5.99. The van der Waals surface area contributed by atoms with Crippen molar-refractivity contribution < 1.29 is 0 Å². The molecule has 1 aromatic heterocycles. The monoisotopic (exact) mass is 297 g/mol. The van der Waals surface area contributed by atoms with Crippen LogP contribution in [0.2, 0.25) is 0 Å². The second-order valence-electron chi connectivity index (χ2n) is 6.00. The smallest absolute Gasteiger partial charge is 0.0765 e. The quantitative estimate of drug-likeness (QED) is 0.702. The van der Waals surface area contributed by atoms with Crippen LogP contribution in [0.1, 0.15) is 64.1 Å². The topological polar surface area (TPSA) is 21.1 Å². The minimum Gasteiger partial charge on any atom is -0.293 e. The van der Waals surface area contributed by atoms with Crippen molar-refractivity contribution in [3.05, 3.63) is 18.0 Å². The molecule has 1 heterocycles. The van der Waals surface area contributed by atoms with Gasteiger partial charge in [-0.05, 0) is 32.3 Å². The first-order chi connectivity index (χ1) is 9.74. The molecule has 2 rings (SSSR count). The molecule has 20 heavy (non-hydrogen) atoms. The Morgan fingerprint density at radius 1 is 1.40 bits per heavy atom. The molecule has 0 aromatic carbocycles. The fourth-order valence-corrected chi connectivity index (χ4v) is 3.26. The van der Waals surface area contributed by atoms with Crippen LogP contribution in [-0.4, -0.2) is 33.1 Å². The van der Waals surface area contributed by atoms with E-state index in [1.54, 1.807) is 0 Å². The van der Waals surface area contributed by atoms with Gasteiger partial charge >= 0.3 is 0 Å². The molecule has 1 saturated carbocycles. The van der Waals surface area contributed by atoms with E-state index in [4.69, 9.17) is 16.7 Å². The van der Waals surface area contributed by atoms with Crippen LogP contribution in [-0.2, 0) is 6.54 Å². The molecule has 114 valence electrons. The molecule has 1 aliphatic rings. The third kappa shape index (κ3) is 4.23. The van der Waals surface area contributed by atoms with E-state index < -0.39 is 0 Å². The zero-order valence-electron chi connectivity index (χ0n) is 12.9. The van der Waals surface area contributed by atoms with Crippen molar-refractivity contribution in [2.45, 2.75) is 71.0 Å². The summed E-state index contributed by atoms with van der Waals surface area (Å²) >= 11 is 5.99. The largest absolute Gasteiger partial charge is 0.293 e. The average molecular weight is 298 g/mol. The first kappa shape index (κ1) is 15.8. The molecule has 0 N–H and O–H groups in total. The number of rotatable bonds is 7. The first-order valence-corrected chi connectivity index (χ1v) is 8.62. The van der Waals surface area contributed by atoms with Crippen molar-refractivity contribution in [3.8, 4) is 0 Å². The molecule has 0 spiro atoms. The summed E-state index contributed by atoms with van der Waals surface area (Å²) in [4.78, 5) is 2.54. The molecule has 1 aliphatic carbocycles. The molecular formula is C16H28ClN3. The van der Waals surface area contributed by atoms with Crippen molar-refractivity contribution in [3.63, 3.8) is 0 Å². The summed E-state index contributed by atoms with van der Waals surface area (Å²) in [6.45, 7) is 6.34. The SMILES string of the molecule is CCC(C)n1ccc(CN(CCCl)C2CCCCC2)n1. The van der Waals surface area contributed by atoms with E-state index in [1.807, 2.05) is 0 Å². The van der Waals surface area contributed by atoms with E-state index in [0.717, 1.165) is 19.5 Å². The molecule has 1 unspecified atom stereocenters. The van der Waals surface area contributed by atoms with Crippen molar-refractivity contribution in [2.75, 3.05) is 12.4 Å². The zero-order valence-corrected chi connectivity index (χ0v) is 13.6. The van der Waals surface area contributed by atoms with Crippen LogP contribution < -0.4 is 0 Å². The molecule has 0 bridgehead atoms. The summed E-state index contributed by atoms with van der Waals surface area (Å²) in [6, 6.07) is 3.35. The molecule has 0 amide bonds. The van der Waals surface area contributed by atoms with Gasteiger partial charge in [-0.25, -0.2) is 0 Å². The summed E-state index contributed by atoms with van der Waals surface area (Å²) in [5.41, 5.74) is 1.18. The Morgan fingerprint density at radius 3 is 2.80 bits per heavy atom. The van der Waals surface area contributed by atoms with Crippen LogP contribution in [0.3, 0.4) is 0 Å². The highest BCUT2D eigenvalue weighted by molar-refractivity contribution is 6.18. The van der Waals surface area contributed by atoms with Crippen molar-refractivity contribution in [1.82, 2.24) is 14.7 Å². The van der Waals surface area contributed by atoms with Crippen LogP contribution in [0, 0.1) is 0 Å². The highest BCUT2D eigenvalue weighted by Crippen LogP contribution is 2.24. The second kappa shape index (κ2) is 8.04. The number of alkyl halides is 1. The fraction of sp³-hybridized carbons (Fsp3) is 0.812. The number of hydrogen-bond donors (Lipinski definition) is 0. The van der Waals surface area contributed by atoms with Crippen LogP contribution >= 0.6 is 11.6 Å². The molecule has 0 aliphatic heterocycles. The van der Waals surface area contributed by atoms with Crippen LogP contribution in [0.15, 0.2) is 12.3 Å². The molecule has 4 heteroatoms. The lowest BCUT2D eigenvalue weighted by molar-refractivity contribution is 0.155. The van der Waals surface area contributed by atoms with Crippen molar-refractivity contribution >= 4 is 11.6 Å². The predicted molar refractivity (Wildman–Crippen MR) is 85.2 cm³/mol. The highest BCUT2D eigenvalue weighted by Gasteiger charge is 2.21. The van der Waals surface area contributed by atoms with Gasteiger partial charge in [-0.1, -0.05) is 26.2 Å². The van der Waals surface area contributed by atoms with Crippen LogP contribution in [0.4, 0.5) is 0 Å². The standard InChI is InChI=1S/C16H28ClN3/c1-3-14(2)20-11-9-15(18-20)13-19(12-10-17)16-7-5-4-6-8-16/h9,11,14,16H,3-8,10,12-13H2,1-2H3. The zero-order chi connectivity index (χ0) is 14.4. The Hall–Kier alpha value is -0.540. The van der Waals surface area contributed by atoms with Gasteiger partial charge in [-0.2, -0.15) is 5.10 Å². The van der Waals surface area contributed by atoms with E-state index in [-0.39, 0.29) is 0 Å². The van der Waals surface area contributed by atoms with Gasteiger partial charge in [-0.15, -0.1) is 11.6 Å². The van der Waals surface area contributed by atoms with E-state index in [2.05, 4.69) is 35.7 Å². The Bertz CT molecular complexity index is 385. The van der Waals surface area contributed by atoms with Gasteiger partial charge in [0.2, 0.25) is 0 Å². The van der Waals surface area contributed by atoms with Gasteiger partial charge in [0.15, 0.2) is 0 Å². The summed E-state index contributed by atoms with van der Waals surface area (Å²) in [5, 5.41) is 4.73. The van der Waals surface area contributed by atoms with E-state index in [9.17, 15) is 0 Å². The number of aromatic nitrogens is 2. The normalized spacial score (nSPS) is 18.6. The van der Waals surface area contributed by atoms with Gasteiger partial charge < -0.3 is 0 Å².